The van der Waals surface area contributed by atoms with E-state index in [0.717, 1.165) is 12.3 Å². The number of aromatic nitrogens is 1. The molecular weight excluding hydrogens is 177 g/mol. The third-order valence-electron chi connectivity index (χ3n) is 1.33. The number of carbonyl (C=O) groups excluding carboxylic acids is 1. The predicted molar refractivity (Wildman–Crippen MR) is 41.8 cm³/mol. The van der Waals surface area contributed by atoms with Gasteiger partial charge in [0.05, 0.1) is 12.2 Å². The minimum absolute atomic E-state index is 0.0285. The fourth-order valence-electron chi connectivity index (χ4n) is 0.763. The van der Waals surface area contributed by atoms with Crippen LogP contribution in [0.4, 0.5) is 4.39 Å². The highest BCUT2D eigenvalue weighted by atomic mass is 19.1. The van der Waals surface area contributed by atoms with Gasteiger partial charge in [-0.2, -0.15) is 4.39 Å². The molecule has 70 valence electrons. The van der Waals surface area contributed by atoms with E-state index in [0.29, 0.717) is 0 Å². The highest BCUT2D eigenvalue weighted by Gasteiger charge is 2.10. The van der Waals surface area contributed by atoms with Crippen molar-refractivity contribution in [3.63, 3.8) is 0 Å². The van der Waals surface area contributed by atoms with E-state index in [9.17, 15) is 9.18 Å². The van der Waals surface area contributed by atoms with E-state index in [1.165, 1.54) is 0 Å². The molecule has 0 atom stereocenters. The molecule has 0 amide bonds. The maximum absolute atomic E-state index is 12.4. The molecule has 0 spiro atoms. The van der Waals surface area contributed by atoms with Gasteiger partial charge in [0.15, 0.2) is 5.75 Å². The highest BCUT2D eigenvalue weighted by Crippen LogP contribution is 2.14. The SMILES string of the molecule is CCOC(=O)c1cnc(F)c(O)c1. The summed E-state index contributed by atoms with van der Waals surface area (Å²) in [6.07, 6.45) is 1.01. The molecule has 0 bridgehead atoms. The number of hydrogen-bond donors (Lipinski definition) is 1. The average Bonchev–Trinajstić information content (AvgIpc) is 2.10. The zero-order chi connectivity index (χ0) is 9.84. The lowest BCUT2D eigenvalue weighted by Gasteiger charge is -2.01. The lowest BCUT2D eigenvalue weighted by Crippen LogP contribution is -2.05. The van der Waals surface area contributed by atoms with Gasteiger partial charge in [0.1, 0.15) is 0 Å². The van der Waals surface area contributed by atoms with Gasteiger partial charge in [0.2, 0.25) is 0 Å². The second-order valence-corrected chi connectivity index (χ2v) is 2.25. The Morgan fingerprint density at radius 1 is 1.77 bits per heavy atom. The Labute approximate surface area is 74.0 Å². The molecule has 0 aromatic carbocycles. The van der Waals surface area contributed by atoms with Crippen LogP contribution in [0.2, 0.25) is 0 Å². The Morgan fingerprint density at radius 3 is 3.00 bits per heavy atom. The van der Waals surface area contributed by atoms with E-state index in [1.807, 2.05) is 0 Å². The fourth-order valence-corrected chi connectivity index (χ4v) is 0.763. The molecule has 0 unspecified atom stereocenters. The summed E-state index contributed by atoms with van der Waals surface area (Å²) in [4.78, 5) is 14.2. The molecule has 0 saturated carbocycles. The minimum Gasteiger partial charge on any atom is -0.504 e. The molecule has 0 radical (unpaired) electrons. The van der Waals surface area contributed by atoms with Crippen molar-refractivity contribution in [3.05, 3.63) is 23.8 Å². The Hall–Kier alpha value is -1.65. The smallest absolute Gasteiger partial charge is 0.339 e. The van der Waals surface area contributed by atoms with Gasteiger partial charge in [0, 0.05) is 12.3 Å². The number of hydrogen-bond acceptors (Lipinski definition) is 4. The first-order chi connectivity index (χ1) is 6.15. The van der Waals surface area contributed by atoms with E-state index >= 15 is 0 Å². The molecule has 1 rings (SSSR count). The van der Waals surface area contributed by atoms with Crippen LogP contribution < -0.4 is 0 Å². The number of pyridine rings is 1. The standard InChI is InChI=1S/C8H8FNO3/c1-2-13-8(12)5-3-6(11)7(9)10-4-5/h3-4,11H,2H2,1H3. The molecule has 1 aromatic rings. The van der Waals surface area contributed by atoms with Crippen LogP contribution in [0, 0.1) is 5.95 Å². The van der Waals surface area contributed by atoms with Gasteiger partial charge < -0.3 is 9.84 Å². The van der Waals surface area contributed by atoms with Crippen LogP contribution in [-0.2, 0) is 4.74 Å². The van der Waals surface area contributed by atoms with Crippen molar-refractivity contribution in [2.24, 2.45) is 0 Å². The van der Waals surface area contributed by atoms with Crippen LogP contribution in [0.15, 0.2) is 12.3 Å². The van der Waals surface area contributed by atoms with Crippen molar-refractivity contribution < 1.29 is 19.0 Å². The normalized spacial score (nSPS) is 9.69. The summed E-state index contributed by atoms with van der Waals surface area (Å²) < 4.78 is 17.0. The van der Waals surface area contributed by atoms with E-state index < -0.39 is 17.7 Å². The number of nitrogens with zero attached hydrogens (tertiary/aromatic N) is 1. The van der Waals surface area contributed by atoms with Crippen molar-refractivity contribution in [1.82, 2.24) is 4.98 Å². The zero-order valence-corrected chi connectivity index (χ0v) is 6.95. The summed E-state index contributed by atoms with van der Waals surface area (Å²) in [6, 6.07) is 0.973. The first-order valence-electron chi connectivity index (χ1n) is 3.66. The van der Waals surface area contributed by atoms with E-state index in [1.54, 1.807) is 6.92 Å². The Bertz CT molecular complexity index is 327. The summed E-state index contributed by atoms with van der Waals surface area (Å²) in [5.41, 5.74) is 0.0285. The summed E-state index contributed by atoms with van der Waals surface area (Å²) in [7, 11) is 0. The Morgan fingerprint density at radius 2 is 2.46 bits per heavy atom. The fraction of sp³-hybridized carbons (Fsp3) is 0.250. The lowest BCUT2D eigenvalue weighted by atomic mass is 10.3. The van der Waals surface area contributed by atoms with Crippen LogP contribution in [-0.4, -0.2) is 22.7 Å². The van der Waals surface area contributed by atoms with Gasteiger partial charge in [0.25, 0.3) is 5.95 Å². The number of esters is 1. The molecule has 1 aromatic heterocycles. The average molecular weight is 185 g/mol. The summed E-state index contributed by atoms with van der Waals surface area (Å²) in [5.74, 6) is -2.30. The lowest BCUT2D eigenvalue weighted by molar-refractivity contribution is 0.0525. The van der Waals surface area contributed by atoms with Crippen LogP contribution in [0.25, 0.3) is 0 Å². The maximum atomic E-state index is 12.4. The third kappa shape index (κ3) is 2.14. The summed E-state index contributed by atoms with van der Waals surface area (Å²) in [6.45, 7) is 1.87. The number of aromatic hydroxyl groups is 1. The third-order valence-corrected chi connectivity index (χ3v) is 1.33. The van der Waals surface area contributed by atoms with Crippen molar-refractivity contribution in [2.45, 2.75) is 6.92 Å². The van der Waals surface area contributed by atoms with Gasteiger partial charge in [-0.1, -0.05) is 0 Å². The molecule has 1 heterocycles. The van der Waals surface area contributed by atoms with Crippen LogP contribution in [0.3, 0.4) is 0 Å². The predicted octanol–water partition coefficient (Wildman–Crippen LogP) is 1.10. The quantitative estimate of drug-likeness (QED) is 0.553. The van der Waals surface area contributed by atoms with Crippen molar-refractivity contribution >= 4 is 5.97 Å². The molecule has 0 saturated heterocycles. The Kier molecular flexibility index (Phi) is 2.79. The molecule has 1 N–H and O–H groups in total. The zero-order valence-electron chi connectivity index (χ0n) is 6.95. The summed E-state index contributed by atoms with van der Waals surface area (Å²) in [5, 5.41) is 8.87. The monoisotopic (exact) mass is 185 g/mol. The van der Waals surface area contributed by atoms with Crippen LogP contribution in [0.5, 0.6) is 5.75 Å². The van der Waals surface area contributed by atoms with Crippen molar-refractivity contribution in [1.29, 1.82) is 0 Å². The molecule has 0 aliphatic heterocycles. The van der Waals surface area contributed by atoms with Gasteiger partial charge in [-0.05, 0) is 6.92 Å². The largest absolute Gasteiger partial charge is 0.504 e. The van der Waals surface area contributed by atoms with Gasteiger partial charge in [-0.25, -0.2) is 9.78 Å². The minimum atomic E-state index is -1.01. The van der Waals surface area contributed by atoms with Crippen LogP contribution in [0.1, 0.15) is 17.3 Å². The van der Waals surface area contributed by atoms with E-state index in [4.69, 9.17) is 5.11 Å². The first-order valence-corrected chi connectivity index (χ1v) is 3.66. The molecule has 13 heavy (non-hydrogen) atoms. The molecular formula is C8H8FNO3. The maximum Gasteiger partial charge on any atom is 0.339 e. The number of rotatable bonds is 2. The van der Waals surface area contributed by atoms with Gasteiger partial charge >= 0.3 is 5.97 Å². The number of carbonyl (C=O) groups is 1. The van der Waals surface area contributed by atoms with E-state index in [2.05, 4.69) is 9.72 Å². The second-order valence-electron chi connectivity index (χ2n) is 2.25. The molecule has 5 heteroatoms. The molecule has 0 aliphatic rings. The van der Waals surface area contributed by atoms with Crippen molar-refractivity contribution in [2.75, 3.05) is 6.61 Å². The van der Waals surface area contributed by atoms with E-state index in [-0.39, 0.29) is 12.2 Å². The number of ether oxygens (including phenoxy) is 1. The van der Waals surface area contributed by atoms with Crippen LogP contribution >= 0.6 is 0 Å². The summed E-state index contributed by atoms with van der Waals surface area (Å²) >= 11 is 0. The Balaban J connectivity index is 2.90. The molecule has 4 nitrogen and oxygen atoms in total. The topological polar surface area (TPSA) is 59.4 Å². The number of halogens is 1. The van der Waals surface area contributed by atoms with Gasteiger partial charge in [-0.15, -0.1) is 0 Å². The molecule has 0 fully saturated rings. The second kappa shape index (κ2) is 3.84. The molecule has 0 aliphatic carbocycles. The first kappa shape index (κ1) is 9.44. The highest BCUT2D eigenvalue weighted by molar-refractivity contribution is 5.89. The van der Waals surface area contributed by atoms with Crippen molar-refractivity contribution in [3.8, 4) is 5.75 Å². The van der Waals surface area contributed by atoms with Gasteiger partial charge in [-0.3, -0.25) is 0 Å².